The Morgan fingerprint density at radius 2 is 2.03 bits per heavy atom. The maximum atomic E-state index is 13.7. The number of halogens is 2. The number of benzene rings is 2. The van der Waals surface area contributed by atoms with Crippen LogP contribution in [0.2, 0.25) is 0 Å². The highest BCUT2D eigenvalue weighted by Crippen LogP contribution is 2.43. The summed E-state index contributed by atoms with van der Waals surface area (Å²) < 4.78 is 19.2. The maximum Gasteiger partial charge on any atom is 0.123 e. The number of nitrogens with zero attached hydrogens (tertiary/aromatic N) is 2. The van der Waals surface area contributed by atoms with E-state index in [0.717, 1.165) is 64.5 Å². The molecular weight excluding hydrogens is 439 g/mol. The summed E-state index contributed by atoms with van der Waals surface area (Å²) in [7, 11) is 1.65. The summed E-state index contributed by atoms with van der Waals surface area (Å²) in [6.07, 6.45) is 2.84. The molecule has 33 heavy (non-hydrogen) atoms. The first-order chi connectivity index (χ1) is 15.5. The number of methoxy groups -OCH3 is 1. The number of ether oxygens (including phenoxy) is 1. The zero-order valence-corrected chi connectivity index (χ0v) is 20.2. The number of hydrogen-bond donors (Lipinski definition) is 1. The van der Waals surface area contributed by atoms with Gasteiger partial charge in [0.25, 0.3) is 0 Å². The first kappa shape index (κ1) is 23.9. The molecule has 4 heterocycles. The van der Waals surface area contributed by atoms with E-state index in [1.807, 2.05) is 31.2 Å². The Hall–Kier alpha value is -2.21. The Morgan fingerprint density at radius 1 is 1.21 bits per heavy atom. The van der Waals surface area contributed by atoms with E-state index >= 15 is 0 Å². The lowest BCUT2D eigenvalue weighted by Gasteiger charge is -2.51. The van der Waals surface area contributed by atoms with Crippen molar-refractivity contribution in [3.05, 3.63) is 59.4 Å². The van der Waals surface area contributed by atoms with E-state index in [9.17, 15) is 9.50 Å². The third-order valence-corrected chi connectivity index (χ3v) is 7.66. The van der Waals surface area contributed by atoms with Crippen molar-refractivity contribution in [1.29, 1.82) is 0 Å². The molecule has 5 atom stereocenters. The Kier molecular flexibility index (Phi) is 6.94. The molecule has 176 valence electrons. The van der Waals surface area contributed by atoms with Crippen molar-refractivity contribution < 1.29 is 14.2 Å². The van der Waals surface area contributed by atoms with Gasteiger partial charge in [-0.2, -0.15) is 0 Å². The fourth-order valence-corrected chi connectivity index (χ4v) is 5.83. The molecule has 6 rings (SSSR count). The molecule has 2 bridgehead atoms. The summed E-state index contributed by atoms with van der Waals surface area (Å²) in [6.45, 7) is 6.29. The molecule has 3 aromatic rings. The molecule has 3 saturated heterocycles. The van der Waals surface area contributed by atoms with Crippen molar-refractivity contribution in [1.82, 2.24) is 9.88 Å². The zero-order chi connectivity index (χ0) is 22.4. The van der Waals surface area contributed by atoms with Crippen LogP contribution < -0.4 is 4.74 Å². The number of aromatic nitrogens is 1. The second-order valence-corrected chi connectivity index (χ2v) is 9.40. The van der Waals surface area contributed by atoms with Crippen LogP contribution in [0.15, 0.2) is 42.5 Å². The van der Waals surface area contributed by atoms with Crippen LogP contribution in [-0.4, -0.2) is 41.2 Å². The zero-order valence-electron chi connectivity index (χ0n) is 19.4. The maximum absolute atomic E-state index is 13.7. The van der Waals surface area contributed by atoms with Gasteiger partial charge < -0.3 is 9.84 Å². The lowest BCUT2D eigenvalue weighted by molar-refractivity contribution is -0.0562. The predicted molar refractivity (Wildman–Crippen MR) is 132 cm³/mol. The van der Waals surface area contributed by atoms with E-state index in [0.29, 0.717) is 5.92 Å². The van der Waals surface area contributed by atoms with Gasteiger partial charge in [-0.05, 0) is 91.7 Å². The van der Waals surface area contributed by atoms with Crippen LogP contribution in [0.5, 0.6) is 5.75 Å². The molecule has 6 heteroatoms. The summed E-state index contributed by atoms with van der Waals surface area (Å²) in [4.78, 5) is 7.35. The van der Waals surface area contributed by atoms with Crippen molar-refractivity contribution in [2.24, 2.45) is 11.8 Å². The Balaban J connectivity index is 0.00000259. The van der Waals surface area contributed by atoms with E-state index in [4.69, 9.17) is 9.72 Å². The second kappa shape index (κ2) is 9.57. The van der Waals surface area contributed by atoms with Gasteiger partial charge in [0, 0.05) is 23.5 Å². The monoisotopic (exact) mass is 470 g/mol. The molecular formula is C27H32ClFN2O2. The average Bonchev–Trinajstić information content (AvgIpc) is 2.82. The first-order valence-electron chi connectivity index (χ1n) is 11.7. The van der Waals surface area contributed by atoms with E-state index in [1.165, 1.54) is 25.0 Å². The molecule has 0 radical (unpaired) electrons. The smallest absolute Gasteiger partial charge is 0.123 e. The third kappa shape index (κ3) is 4.34. The molecule has 0 saturated carbocycles. The Morgan fingerprint density at radius 3 is 2.70 bits per heavy atom. The highest BCUT2D eigenvalue weighted by molar-refractivity contribution is 5.87. The molecule has 3 fully saturated rings. The molecule has 1 N–H and O–H groups in total. The largest absolute Gasteiger partial charge is 0.497 e. The number of hydrogen-bond acceptors (Lipinski definition) is 4. The molecule has 4 nitrogen and oxygen atoms in total. The molecule has 3 aliphatic rings. The summed E-state index contributed by atoms with van der Waals surface area (Å²) in [5.74, 6) is 1.91. The van der Waals surface area contributed by atoms with Crippen LogP contribution in [0.3, 0.4) is 0 Å². The van der Waals surface area contributed by atoms with Gasteiger partial charge in [0.05, 0.1) is 24.4 Å². The predicted octanol–water partition coefficient (Wildman–Crippen LogP) is 5.93. The number of pyridine rings is 1. The molecule has 2 aromatic carbocycles. The van der Waals surface area contributed by atoms with Crippen LogP contribution in [-0.2, 0) is 0 Å². The molecule has 2 unspecified atom stereocenters. The quantitative estimate of drug-likeness (QED) is 0.501. The third-order valence-electron chi connectivity index (χ3n) is 7.66. The molecule has 1 aromatic heterocycles. The highest BCUT2D eigenvalue weighted by Gasteiger charge is 2.42. The highest BCUT2D eigenvalue weighted by atomic mass is 35.5. The van der Waals surface area contributed by atoms with Crippen molar-refractivity contribution in [3.63, 3.8) is 0 Å². The lowest BCUT2D eigenvalue weighted by Crippen LogP contribution is -2.55. The van der Waals surface area contributed by atoms with Crippen LogP contribution in [0, 0.1) is 24.6 Å². The number of aliphatic hydroxyl groups excluding tert-OH is 1. The molecule has 3 aliphatic heterocycles. The van der Waals surface area contributed by atoms with Gasteiger partial charge in [-0.15, -0.1) is 12.4 Å². The summed E-state index contributed by atoms with van der Waals surface area (Å²) in [5.41, 5.74) is 4.16. The minimum Gasteiger partial charge on any atom is -0.497 e. The van der Waals surface area contributed by atoms with E-state index in [2.05, 4.69) is 11.8 Å². The molecule has 0 spiro atoms. The second-order valence-electron chi connectivity index (χ2n) is 9.40. The van der Waals surface area contributed by atoms with Gasteiger partial charge in [0.15, 0.2) is 0 Å². The van der Waals surface area contributed by atoms with Gasteiger partial charge in [-0.25, -0.2) is 9.37 Å². The van der Waals surface area contributed by atoms with Crippen molar-refractivity contribution in [3.8, 4) is 17.0 Å². The van der Waals surface area contributed by atoms with Crippen molar-refractivity contribution in [2.75, 3.05) is 20.2 Å². The number of aryl methyl sites for hydroxylation is 1. The minimum absolute atomic E-state index is 0. The van der Waals surface area contributed by atoms with E-state index in [1.54, 1.807) is 13.2 Å². The SMILES string of the molecule is CC[C@H]1CN2CC[C@H]1CC2[C@H](O)c1cc(-c2ccc(F)cc2C)nc2ccc(OC)cc12.Cl. The number of fused-ring (bicyclic) bond motifs is 4. The summed E-state index contributed by atoms with van der Waals surface area (Å²) in [6, 6.07) is 12.7. The van der Waals surface area contributed by atoms with Crippen LogP contribution >= 0.6 is 12.4 Å². The fraction of sp³-hybridized carbons (Fsp3) is 0.444. The van der Waals surface area contributed by atoms with Crippen molar-refractivity contribution in [2.45, 2.75) is 45.3 Å². The van der Waals surface area contributed by atoms with Crippen LogP contribution in [0.1, 0.15) is 43.4 Å². The fourth-order valence-electron chi connectivity index (χ4n) is 5.83. The number of piperidine rings is 3. The number of aliphatic hydroxyl groups is 1. The Bertz CT molecular complexity index is 1150. The van der Waals surface area contributed by atoms with Gasteiger partial charge in [-0.1, -0.05) is 13.3 Å². The van der Waals surface area contributed by atoms with Crippen LogP contribution in [0.4, 0.5) is 4.39 Å². The standard InChI is InChI=1S/C27H31FN2O2.ClH/c1-4-17-15-30-10-9-18(17)12-26(30)27(31)23-14-25(21-7-5-19(28)11-16(21)2)29-24-8-6-20(32-3)13-22(23)24;/h5-8,11,13-14,17-18,26-27,31H,4,9-10,12,15H2,1-3H3;1H/t17-,18-,26?,27+;/m0./s1. The van der Waals surface area contributed by atoms with Gasteiger partial charge in [0.2, 0.25) is 0 Å². The first-order valence-corrected chi connectivity index (χ1v) is 11.7. The van der Waals surface area contributed by atoms with Gasteiger partial charge in [0.1, 0.15) is 11.6 Å². The average molecular weight is 471 g/mol. The van der Waals surface area contributed by atoms with E-state index in [-0.39, 0.29) is 24.3 Å². The van der Waals surface area contributed by atoms with E-state index < -0.39 is 6.10 Å². The van der Waals surface area contributed by atoms with Crippen molar-refractivity contribution >= 4 is 23.3 Å². The normalized spacial score (nSPS) is 25.0. The van der Waals surface area contributed by atoms with Crippen LogP contribution in [0.25, 0.3) is 22.2 Å². The summed E-state index contributed by atoms with van der Waals surface area (Å²) in [5, 5.41) is 12.6. The molecule has 0 amide bonds. The topological polar surface area (TPSA) is 45.6 Å². The lowest BCUT2D eigenvalue weighted by atomic mass is 9.72. The minimum atomic E-state index is -0.618. The Labute approximate surface area is 201 Å². The summed E-state index contributed by atoms with van der Waals surface area (Å²) >= 11 is 0. The van der Waals surface area contributed by atoms with Gasteiger partial charge in [-0.3, -0.25) is 4.90 Å². The van der Waals surface area contributed by atoms with Gasteiger partial charge >= 0.3 is 0 Å². The number of rotatable bonds is 5. The molecule has 0 aliphatic carbocycles.